The van der Waals surface area contributed by atoms with E-state index in [4.69, 9.17) is 4.74 Å². The Kier molecular flexibility index (Phi) is 4.31. The summed E-state index contributed by atoms with van der Waals surface area (Å²) in [5, 5.41) is 0. The highest BCUT2D eigenvalue weighted by molar-refractivity contribution is 5.77. The Morgan fingerprint density at radius 3 is 2.40 bits per heavy atom. The van der Waals surface area contributed by atoms with E-state index in [0.29, 0.717) is 6.61 Å². The average molecular weight is 207 g/mol. The van der Waals surface area contributed by atoms with Gasteiger partial charge in [-0.25, -0.2) is 4.79 Å². The molecule has 0 saturated heterocycles. The van der Waals surface area contributed by atoms with Gasteiger partial charge in [0.05, 0.1) is 6.61 Å². The second-order valence-corrected chi connectivity index (χ2v) is 3.53. The maximum absolute atomic E-state index is 11.7. The number of carbonyl (C=O) groups excluding carboxylic acids is 1. The zero-order valence-corrected chi connectivity index (χ0v) is 9.43. The zero-order chi connectivity index (χ0) is 11.3. The van der Waals surface area contributed by atoms with Crippen LogP contribution >= 0.6 is 0 Å². The number of hydrogen-bond donors (Lipinski definition) is 0. The molecule has 3 heteroatoms. The molecule has 1 aromatic carbocycles. The first-order valence-electron chi connectivity index (χ1n) is 5.04. The number of carbonyl (C=O) groups is 1. The lowest BCUT2D eigenvalue weighted by Crippen LogP contribution is -2.29. The summed E-state index contributed by atoms with van der Waals surface area (Å²) in [5.74, 6) is -0.200. The molecule has 1 unspecified atom stereocenters. The van der Waals surface area contributed by atoms with Gasteiger partial charge in [-0.1, -0.05) is 30.3 Å². The van der Waals surface area contributed by atoms with Crippen LogP contribution in [0.2, 0.25) is 0 Å². The second-order valence-electron chi connectivity index (χ2n) is 3.53. The van der Waals surface area contributed by atoms with Gasteiger partial charge in [-0.15, -0.1) is 0 Å². The SMILES string of the molecule is CCOC(=O)C(c1ccccc1)N(C)C. The Morgan fingerprint density at radius 1 is 1.33 bits per heavy atom. The number of rotatable bonds is 4. The molecule has 0 spiro atoms. The van der Waals surface area contributed by atoms with Crippen molar-refractivity contribution in [3.63, 3.8) is 0 Å². The monoisotopic (exact) mass is 207 g/mol. The van der Waals surface area contributed by atoms with E-state index in [0.717, 1.165) is 5.56 Å². The number of likely N-dealkylation sites (N-methyl/N-ethyl adjacent to an activating group) is 1. The molecular weight excluding hydrogens is 190 g/mol. The van der Waals surface area contributed by atoms with Crippen LogP contribution in [0.5, 0.6) is 0 Å². The average Bonchev–Trinajstić information content (AvgIpc) is 2.19. The predicted molar refractivity (Wildman–Crippen MR) is 59.5 cm³/mol. The largest absolute Gasteiger partial charge is 0.465 e. The van der Waals surface area contributed by atoms with Crippen LogP contribution in [0.4, 0.5) is 0 Å². The lowest BCUT2D eigenvalue weighted by molar-refractivity contribution is -0.148. The molecule has 1 atom stereocenters. The van der Waals surface area contributed by atoms with Crippen LogP contribution in [0.1, 0.15) is 18.5 Å². The van der Waals surface area contributed by atoms with Gasteiger partial charge in [-0.3, -0.25) is 4.90 Å². The molecule has 82 valence electrons. The second kappa shape index (κ2) is 5.51. The van der Waals surface area contributed by atoms with Crippen molar-refractivity contribution in [2.24, 2.45) is 0 Å². The van der Waals surface area contributed by atoms with Crippen LogP contribution in [0, 0.1) is 0 Å². The molecule has 15 heavy (non-hydrogen) atoms. The predicted octanol–water partition coefficient (Wildman–Crippen LogP) is 1.85. The highest BCUT2D eigenvalue weighted by Gasteiger charge is 2.23. The lowest BCUT2D eigenvalue weighted by Gasteiger charge is -2.22. The Morgan fingerprint density at radius 2 is 1.93 bits per heavy atom. The fourth-order valence-corrected chi connectivity index (χ4v) is 1.50. The van der Waals surface area contributed by atoms with Gasteiger partial charge < -0.3 is 4.74 Å². The van der Waals surface area contributed by atoms with Crippen molar-refractivity contribution in [3.8, 4) is 0 Å². The molecule has 1 aromatic rings. The maximum atomic E-state index is 11.7. The van der Waals surface area contributed by atoms with Gasteiger partial charge in [0.15, 0.2) is 0 Å². The quantitative estimate of drug-likeness (QED) is 0.706. The summed E-state index contributed by atoms with van der Waals surface area (Å²) in [6, 6.07) is 9.33. The Hall–Kier alpha value is -1.35. The summed E-state index contributed by atoms with van der Waals surface area (Å²) in [6.07, 6.45) is 0. The Labute approximate surface area is 90.7 Å². The molecule has 0 aliphatic rings. The molecule has 0 fully saturated rings. The van der Waals surface area contributed by atoms with Gasteiger partial charge in [-0.05, 0) is 26.6 Å². The van der Waals surface area contributed by atoms with E-state index in [1.807, 2.05) is 56.3 Å². The first-order chi connectivity index (χ1) is 7.16. The summed E-state index contributed by atoms with van der Waals surface area (Å²) in [6.45, 7) is 2.23. The molecule has 0 radical (unpaired) electrons. The highest BCUT2D eigenvalue weighted by Crippen LogP contribution is 2.19. The molecule has 0 heterocycles. The number of ether oxygens (including phenoxy) is 1. The number of esters is 1. The summed E-state index contributed by atoms with van der Waals surface area (Å²) in [4.78, 5) is 13.6. The van der Waals surface area contributed by atoms with Gasteiger partial charge >= 0.3 is 5.97 Å². The topological polar surface area (TPSA) is 29.5 Å². The van der Waals surface area contributed by atoms with E-state index in [1.165, 1.54) is 0 Å². The van der Waals surface area contributed by atoms with Crippen LogP contribution in [-0.2, 0) is 9.53 Å². The van der Waals surface area contributed by atoms with Crippen molar-refractivity contribution in [3.05, 3.63) is 35.9 Å². The third kappa shape index (κ3) is 3.06. The van der Waals surface area contributed by atoms with E-state index in [9.17, 15) is 4.79 Å². The third-order valence-electron chi connectivity index (χ3n) is 2.14. The van der Waals surface area contributed by atoms with Crippen LogP contribution < -0.4 is 0 Å². The van der Waals surface area contributed by atoms with Crippen LogP contribution in [0.3, 0.4) is 0 Å². The van der Waals surface area contributed by atoms with Crippen molar-refractivity contribution in [2.75, 3.05) is 20.7 Å². The molecule has 0 N–H and O–H groups in total. The van der Waals surface area contributed by atoms with Gasteiger partial charge in [0.2, 0.25) is 0 Å². The normalized spacial score (nSPS) is 12.5. The molecule has 1 rings (SSSR count). The van der Waals surface area contributed by atoms with Crippen molar-refractivity contribution in [1.29, 1.82) is 0 Å². The van der Waals surface area contributed by atoms with Crippen LogP contribution in [0.25, 0.3) is 0 Å². The Balaban J connectivity index is 2.88. The van der Waals surface area contributed by atoms with E-state index in [-0.39, 0.29) is 12.0 Å². The zero-order valence-electron chi connectivity index (χ0n) is 9.43. The molecule has 0 saturated carbocycles. The fraction of sp³-hybridized carbons (Fsp3) is 0.417. The van der Waals surface area contributed by atoms with Crippen molar-refractivity contribution in [2.45, 2.75) is 13.0 Å². The van der Waals surface area contributed by atoms with Gasteiger partial charge in [0.25, 0.3) is 0 Å². The molecule has 0 bridgehead atoms. The minimum absolute atomic E-state index is 0.200. The smallest absolute Gasteiger partial charge is 0.327 e. The van der Waals surface area contributed by atoms with Crippen molar-refractivity contribution in [1.82, 2.24) is 4.90 Å². The standard InChI is InChI=1S/C12H17NO2/c1-4-15-12(14)11(13(2)3)10-8-6-5-7-9-10/h5-9,11H,4H2,1-3H3. The summed E-state index contributed by atoms with van der Waals surface area (Å²) < 4.78 is 5.04. The first-order valence-corrected chi connectivity index (χ1v) is 5.04. The Bertz CT molecular complexity index is 309. The number of hydrogen-bond acceptors (Lipinski definition) is 3. The van der Waals surface area contributed by atoms with E-state index < -0.39 is 0 Å². The van der Waals surface area contributed by atoms with Crippen LogP contribution in [-0.4, -0.2) is 31.6 Å². The highest BCUT2D eigenvalue weighted by atomic mass is 16.5. The molecule has 0 aromatic heterocycles. The summed E-state index contributed by atoms with van der Waals surface area (Å²) in [7, 11) is 3.74. The molecular formula is C12H17NO2. The van der Waals surface area contributed by atoms with E-state index in [1.54, 1.807) is 0 Å². The maximum Gasteiger partial charge on any atom is 0.327 e. The first kappa shape index (κ1) is 11.7. The van der Waals surface area contributed by atoms with Gasteiger partial charge in [0.1, 0.15) is 6.04 Å². The minimum Gasteiger partial charge on any atom is -0.465 e. The van der Waals surface area contributed by atoms with Gasteiger partial charge in [-0.2, -0.15) is 0 Å². The fourth-order valence-electron chi connectivity index (χ4n) is 1.50. The summed E-state index contributed by atoms with van der Waals surface area (Å²) >= 11 is 0. The molecule has 3 nitrogen and oxygen atoms in total. The molecule has 0 amide bonds. The minimum atomic E-state index is -0.314. The number of nitrogens with zero attached hydrogens (tertiary/aromatic N) is 1. The van der Waals surface area contributed by atoms with E-state index >= 15 is 0 Å². The van der Waals surface area contributed by atoms with Crippen molar-refractivity contribution < 1.29 is 9.53 Å². The number of benzene rings is 1. The van der Waals surface area contributed by atoms with Crippen molar-refractivity contribution >= 4 is 5.97 Å². The van der Waals surface area contributed by atoms with Crippen LogP contribution in [0.15, 0.2) is 30.3 Å². The summed E-state index contributed by atoms with van der Waals surface area (Å²) in [5.41, 5.74) is 0.959. The molecule has 0 aliphatic carbocycles. The van der Waals surface area contributed by atoms with Gasteiger partial charge in [0, 0.05) is 0 Å². The third-order valence-corrected chi connectivity index (χ3v) is 2.14. The lowest BCUT2D eigenvalue weighted by atomic mass is 10.1. The van der Waals surface area contributed by atoms with E-state index in [2.05, 4.69) is 0 Å². The molecule has 0 aliphatic heterocycles.